The normalized spacial score (nSPS) is 9.48. The number of rotatable bonds is 10. The van der Waals surface area contributed by atoms with Crippen molar-refractivity contribution in [1.82, 2.24) is 10.6 Å². The fourth-order valence-corrected chi connectivity index (χ4v) is 0.926. The lowest BCUT2D eigenvalue weighted by molar-refractivity contribution is 0.00230. The molecular formula is C11H24N4O8. The minimum Gasteiger partial charge on any atom is -0.394 e. The molecular weight excluding hydrogens is 316 g/mol. The third kappa shape index (κ3) is 25.3. The van der Waals surface area contributed by atoms with Gasteiger partial charge in [0.1, 0.15) is 0 Å². The van der Waals surface area contributed by atoms with Crippen LogP contribution in [-0.2, 0) is 14.2 Å². The van der Waals surface area contributed by atoms with E-state index >= 15 is 0 Å². The summed E-state index contributed by atoms with van der Waals surface area (Å²) in [6, 6.07) is -3.16. The Kier molecular flexibility index (Phi) is 18.3. The molecule has 0 heterocycles. The van der Waals surface area contributed by atoms with Gasteiger partial charge in [-0.3, -0.25) is 10.6 Å². The fourth-order valence-electron chi connectivity index (χ4n) is 0.926. The lowest BCUT2D eigenvalue weighted by Gasteiger charge is -2.04. The smallest absolute Gasteiger partial charge is 0.330 e. The van der Waals surface area contributed by atoms with Crippen molar-refractivity contribution in [1.29, 1.82) is 0 Å². The molecule has 0 aliphatic carbocycles. The van der Waals surface area contributed by atoms with Crippen molar-refractivity contribution in [2.24, 2.45) is 11.5 Å². The molecule has 0 bridgehead atoms. The van der Waals surface area contributed by atoms with Crippen LogP contribution in [0.1, 0.15) is 0 Å². The van der Waals surface area contributed by atoms with Crippen molar-refractivity contribution in [3.8, 4) is 0 Å². The van der Waals surface area contributed by atoms with Crippen molar-refractivity contribution in [2.75, 3.05) is 52.9 Å². The molecule has 0 aliphatic heterocycles. The number of carbonyl (C=O) groups excluding carboxylic acids is 3. The molecule has 0 radical (unpaired) electrons. The summed E-state index contributed by atoms with van der Waals surface area (Å²) in [6.07, 6.45) is 0. The number of ether oxygens (including phenoxy) is 3. The maximum atomic E-state index is 10.2. The predicted octanol–water partition coefficient (Wildman–Crippen LogP) is -2.54. The van der Waals surface area contributed by atoms with E-state index in [-0.39, 0.29) is 13.2 Å². The first-order valence-corrected chi connectivity index (χ1v) is 6.55. The summed E-state index contributed by atoms with van der Waals surface area (Å²) in [4.78, 5) is 30.0. The molecule has 0 fully saturated rings. The third-order valence-electron chi connectivity index (χ3n) is 1.69. The van der Waals surface area contributed by atoms with Crippen LogP contribution in [-0.4, -0.2) is 81.2 Å². The van der Waals surface area contributed by atoms with Crippen LogP contribution in [0.2, 0.25) is 0 Å². The highest BCUT2D eigenvalue weighted by Gasteiger charge is 2.03. The van der Waals surface area contributed by atoms with Crippen molar-refractivity contribution in [2.45, 2.75) is 0 Å². The van der Waals surface area contributed by atoms with Gasteiger partial charge >= 0.3 is 18.1 Å². The number of nitrogens with one attached hydrogen (secondary N) is 2. The Bertz CT molecular complexity index is 301. The molecule has 136 valence electrons. The number of aliphatic hydroxyl groups is 2. The number of hydrogen-bond acceptors (Lipinski definition) is 8. The van der Waals surface area contributed by atoms with Gasteiger partial charge in [-0.05, 0) is 0 Å². The maximum absolute atomic E-state index is 10.2. The molecule has 0 aromatic rings. The average molecular weight is 340 g/mol. The number of nitrogens with two attached hydrogens (primary N) is 2. The standard InChI is InChI=1S/C8H18O5.C3H6N4O3/c9-1-3-11-5-7-13-8-6-12-4-2-10;4-1(8)6-3(10)7-2(5)9/h9-10H,1-8H2;(H6,4,5,6,7,8,9,10). The molecule has 23 heavy (non-hydrogen) atoms. The van der Waals surface area contributed by atoms with Crippen LogP contribution < -0.4 is 22.1 Å². The largest absolute Gasteiger partial charge is 0.394 e. The van der Waals surface area contributed by atoms with E-state index in [0.29, 0.717) is 39.6 Å². The third-order valence-corrected chi connectivity index (χ3v) is 1.69. The molecule has 0 aliphatic rings. The molecule has 0 rings (SSSR count). The van der Waals surface area contributed by atoms with Gasteiger partial charge in [0, 0.05) is 0 Å². The van der Waals surface area contributed by atoms with Gasteiger partial charge in [-0.1, -0.05) is 0 Å². The number of amides is 6. The van der Waals surface area contributed by atoms with E-state index in [1.54, 1.807) is 10.6 Å². The number of carbonyl (C=O) groups is 3. The average Bonchev–Trinajstić information content (AvgIpc) is 2.44. The second-order valence-electron chi connectivity index (χ2n) is 3.59. The summed E-state index contributed by atoms with van der Waals surface area (Å²) in [5, 5.41) is 19.8. The van der Waals surface area contributed by atoms with E-state index in [0.717, 1.165) is 0 Å². The Balaban J connectivity index is 0. The van der Waals surface area contributed by atoms with Crippen LogP contribution in [0, 0.1) is 0 Å². The summed E-state index contributed by atoms with van der Waals surface area (Å²) in [5.41, 5.74) is 9.01. The van der Waals surface area contributed by atoms with E-state index in [1.807, 2.05) is 0 Å². The van der Waals surface area contributed by atoms with Crippen LogP contribution in [0.25, 0.3) is 0 Å². The monoisotopic (exact) mass is 340 g/mol. The first kappa shape index (κ1) is 23.3. The van der Waals surface area contributed by atoms with Crippen molar-refractivity contribution >= 4 is 18.1 Å². The Morgan fingerprint density at radius 2 is 1.00 bits per heavy atom. The summed E-state index contributed by atoms with van der Waals surface area (Å²) < 4.78 is 15.0. The highest BCUT2D eigenvalue weighted by atomic mass is 16.5. The first-order valence-electron chi connectivity index (χ1n) is 6.55. The molecule has 0 spiro atoms. The van der Waals surface area contributed by atoms with Gasteiger partial charge in [0.15, 0.2) is 0 Å². The van der Waals surface area contributed by atoms with Gasteiger partial charge in [0.2, 0.25) is 0 Å². The molecule has 12 nitrogen and oxygen atoms in total. The predicted molar refractivity (Wildman–Crippen MR) is 77.5 cm³/mol. The van der Waals surface area contributed by atoms with Crippen LogP contribution in [0.15, 0.2) is 0 Å². The van der Waals surface area contributed by atoms with Gasteiger partial charge in [-0.15, -0.1) is 0 Å². The SMILES string of the molecule is NC(=O)NC(=O)NC(N)=O.OCCOCCOCCOCCO. The van der Waals surface area contributed by atoms with E-state index in [1.165, 1.54) is 0 Å². The number of hydrogen-bond donors (Lipinski definition) is 6. The number of primary amides is 2. The summed E-state index contributed by atoms with van der Waals surface area (Å²) >= 11 is 0. The highest BCUT2D eigenvalue weighted by molar-refractivity contribution is 6.00. The van der Waals surface area contributed by atoms with Crippen LogP contribution in [0.5, 0.6) is 0 Å². The highest BCUT2D eigenvalue weighted by Crippen LogP contribution is 1.80. The van der Waals surface area contributed by atoms with Gasteiger partial charge in [-0.2, -0.15) is 0 Å². The number of imide groups is 2. The second kappa shape index (κ2) is 18.1. The zero-order chi connectivity index (χ0) is 17.9. The zero-order valence-corrected chi connectivity index (χ0v) is 12.7. The maximum Gasteiger partial charge on any atom is 0.330 e. The minimum atomic E-state index is -1.06. The minimum absolute atomic E-state index is 0.0413. The number of urea groups is 3. The molecule has 0 unspecified atom stereocenters. The summed E-state index contributed by atoms with van der Waals surface area (Å²) in [5.74, 6) is 0. The van der Waals surface area contributed by atoms with Gasteiger partial charge < -0.3 is 35.9 Å². The van der Waals surface area contributed by atoms with Gasteiger partial charge in [0.25, 0.3) is 0 Å². The topological polar surface area (TPSA) is 195 Å². The quantitative estimate of drug-likeness (QED) is 0.234. The van der Waals surface area contributed by atoms with E-state index < -0.39 is 18.1 Å². The Hall–Kier alpha value is -1.99. The Morgan fingerprint density at radius 1 is 0.696 bits per heavy atom. The van der Waals surface area contributed by atoms with Gasteiger partial charge in [0.05, 0.1) is 52.9 Å². The molecule has 0 aromatic heterocycles. The molecule has 0 saturated carbocycles. The van der Waals surface area contributed by atoms with Crippen molar-refractivity contribution in [3.05, 3.63) is 0 Å². The van der Waals surface area contributed by atoms with E-state index in [2.05, 4.69) is 11.5 Å². The van der Waals surface area contributed by atoms with Crippen molar-refractivity contribution < 1.29 is 38.8 Å². The molecule has 0 atom stereocenters. The van der Waals surface area contributed by atoms with Crippen molar-refractivity contribution in [3.63, 3.8) is 0 Å². The molecule has 8 N–H and O–H groups in total. The Labute approximate surface area is 133 Å². The molecule has 0 aromatic carbocycles. The van der Waals surface area contributed by atoms with E-state index in [9.17, 15) is 14.4 Å². The molecule has 0 saturated heterocycles. The molecule has 6 amide bonds. The lowest BCUT2D eigenvalue weighted by atomic mass is 10.7. The Morgan fingerprint density at radius 3 is 1.26 bits per heavy atom. The van der Waals surface area contributed by atoms with E-state index in [4.69, 9.17) is 24.4 Å². The van der Waals surface area contributed by atoms with Crippen LogP contribution in [0.3, 0.4) is 0 Å². The first-order chi connectivity index (χ1) is 10.9. The lowest BCUT2D eigenvalue weighted by Crippen LogP contribution is -2.46. The fraction of sp³-hybridized carbons (Fsp3) is 0.727. The van der Waals surface area contributed by atoms with Gasteiger partial charge in [-0.25, -0.2) is 14.4 Å². The summed E-state index contributed by atoms with van der Waals surface area (Å²) in [6.45, 7) is 2.76. The molecule has 12 heteroatoms. The second-order valence-corrected chi connectivity index (χ2v) is 3.59. The summed E-state index contributed by atoms with van der Waals surface area (Å²) in [7, 11) is 0. The van der Waals surface area contributed by atoms with Crippen LogP contribution >= 0.6 is 0 Å². The number of aliphatic hydroxyl groups excluding tert-OH is 2. The van der Waals surface area contributed by atoms with Crippen LogP contribution in [0.4, 0.5) is 14.4 Å². The zero-order valence-electron chi connectivity index (χ0n) is 12.7.